The number of rotatable bonds is 15. The number of methoxy groups -OCH3 is 2. The molecule has 0 saturated heterocycles. The maximum atomic E-state index is 14.4. The molecule has 0 unspecified atom stereocenters. The van der Waals surface area contributed by atoms with Gasteiger partial charge in [0.2, 0.25) is 11.8 Å². The molecule has 0 aliphatic heterocycles. The first kappa shape index (κ1) is 27.2. The molecule has 0 spiro atoms. The van der Waals surface area contributed by atoms with Crippen molar-refractivity contribution in [3.8, 4) is 11.5 Å². The predicted molar refractivity (Wildman–Crippen MR) is 132 cm³/mol. The molecule has 0 aliphatic rings. The lowest BCUT2D eigenvalue weighted by atomic mass is 9.98. The Kier molecular flexibility index (Phi) is 11.9. The molecule has 2 aromatic rings. The van der Waals surface area contributed by atoms with Crippen molar-refractivity contribution in [3.05, 3.63) is 58.9 Å². The van der Waals surface area contributed by atoms with Crippen LogP contribution >= 0.6 is 0 Å². The lowest BCUT2D eigenvalue weighted by Gasteiger charge is -2.17. The van der Waals surface area contributed by atoms with Gasteiger partial charge in [-0.15, -0.1) is 0 Å². The van der Waals surface area contributed by atoms with Gasteiger partial charge in [0, 0.05) is 31.5 Å². The maximum Gasteiger partial charge on any atom is 0.220 e. The van der Waals surface area contributed by atoms with E-state index in [9.17, 15) is 14.0 Å². The number of benzene rings is 2. The van der Waals surface area contributed by atoms with Crippen molar-refractivity contribution in [3.63, 3.8) is 0 Å². The molecule has 0 radical (unpaired) electrons. The number of carbonyl (C=O) groups is 2. The van der Waals surface area contributed by atoms with E-state index in [2.05, 4.69) is 10.6 Å². The molecule has 2 N–H and O–H groups in total. The summed E-state index contributed by atoms with van der Waals surface area (Å²) in [7, 11) is 2.93. The van der Waals surface area contributed by atoms with Gasteiger partial charge in [-0.05, 0) is 49.3 Å². The van der Waals surface area contributed by atoms with Crippen LogP contribution < -0.4 is 20.1 Å². The molecule has 0 aromatic heterocycles. The summed E-state index contributed by atoms with van der Waals surface area (Å²) in [4.78, 5) is 24.1. The van der Waals surface area contributed by atoms with Gasteiger partial charge in [0.15, 0.2) is 17.3 Å². The number of unbranched alkanes of at least 4 members (excludes halogenated alkanes) is 1. The molecule has 6 nitrogen and oxygen atoms in total. The predicted octanol–water partition coefficient (Wildman–Crippen LogP) is 4.37. The summed E-state index contributed by atoms with van der Waals surface area (Å²) in [5.41, 5.74) is 2.91. The van der Waals surface area contributed by atoms with Crippen LogP contribution in [0.5, 0.6) is 11.5 Å². The number of hydrogen-bond acceptors (Lipinski definition) is 4. The van der Waals surface area contributed by atoms with Gasteiger partial charge in [-0.1, -0.05) is 43.7 Å². The molecule has 2 rings (SSSR count). The largest absolute Gasteiger partial charge is 0.492 e. The van der Waals surface area contributed by atoms with Crippen molar-refractivity contribution in [2.24, 2.45) is 0 Å². The van der Waals surface area contributed by atoms with Gasteiger partial charge < -0.3 is 20.1 Å². The zero-order valence-corrected chi connectivity index (χ0v) is 20.5. The molecule has 0 bridgehead atoms. The second kappa shape index (κ2) is 14.9. The third-order valence-corrected chi connectivity index (χ3v) is 5.65. The second-order valence-corrected chi connectivity index (χ2v) is 8.21. The van der Waals surface area contributed by atoms with E-state index in [1.54, 1.807) is 0 Å². The Balaban J connectivity index is 1.68. The van der Waals surface area contributed by atoms with Crippen molar-refractivity contribution in [1.82, 2.24) is 10.6 Å². The van der Waals surface area contributed by atoms with Crippen LogP contribution in [0, 0.1) is 5.82 Å². The molecule has 0 saturated carbocycles. The number of nitrogens with one attached hydrogen (secondary N) is 2. The highest BCUT2D eigenvalue weighted by Gasteiger charge is 2.19. The summed E-state index contributed by atoms with van der Waals surface area (Å²) < 4.78 is 25.0. The molecule has 2 amide bonds. The van der Waals surface area contributed by atoms with Gasteiger partial charge in [0.25, 0.3) is 0 Å². The topological polar surface area (TPSA) is 76.7 Å². The van der Waals surface area contributed by atoms with Crippen molar-refractivity contribution in [2.75, 3.05) is 27.3 Å². The van der Waals surface area contributed by atoms with Crippen LogP contribution in [0.25, 0.3) is 0 Å². The van der Waals surface area contributed by atoms with E-state index < -0.39 is 5.82 Å². The molecule has 186 valence electrons. The van der Waals surface area contributed by atoms with E-state index in [0.29, 0.717) is 50.9 Å². The fraction of sp³-hybridized carbons (Fsp3) is 0.481. The van der Waals surface area contributed by atoms with Gasteiger partial charge in [0.05, 0.1) is 14.2 Å². The quantitative estimate of drug-likeness (QED) is 0.377. The molecule has 0 fully saturated rings. The molecule has 0 atom stereocenters. The third kappa shape index (κ3) is 8.69. The summed E-state index contributed by atoms with van der Waals surface area (Å²) >= 11 is 0. The van der Waals surface area contributed by atoms with E-state index >= 15 is 0 Å². The van der Waals surface area contributed by atoms with Crippen LogP contribution in [-0.2, 0) is 28.9 Å². The van der Waals surface area contributed by atoms with Crippen LogP contribution in [0.3, 0.4) is 0 Å². The maximum absolute atomic E-state index is 14.4. The smallest absolute Gasteiger partial charge is 0.220 e. The Morgan fingerprint density at radius 2 is 1.44 bits per heavy atom. The van der Waals surface area contributed by atoms with Crippen LogP contribution in [0.15, 0.2) is 36.4 Å². The number of halogens is 1. The minimum Gasteiger partial charge on any atom is -0.492 e. The lowest BCUT2D eigenvalue weighted by Crippen LogP contribution is -2.26. The van der Waals surface area contributed by atoms with Crippen LogP contribution in [0.2, 0.25) is 0 Å². The summed E-state index contributed by atoms with van der Waals surface area (Å²) in [6, 6.07) is 11.5. The lowest BCUT2D eigenvalue weighted by molar-refractivity contribution is -0.123. The van der Waals surface area contributed by atoms with Crippen molar-refractivity contribution in [2.45, 2.75) is 58.3 Å². The summed E-state index contributed by atoms with van der Waals surface area (Å²) in [6.45, 7) is 3.06. The van der Waals surface area contributed by atoms with Crippen LogP contribution in [0.1, 0.15) is 55.7 Å². The Bertz CT molecular complexity index is 919. The van der Waals surface area contributed by atoms with Gasteiger partial charge in [-0.3, -0.25) is 9.59 Å². The van der Waals surface area contributed by atoms with E-state index in [1.165, 1.54) is 25.8 Å². The Hall–Kier alpha value is -3.09. The van der Waals surface area contributed by atoms with E-state index in [4.69, 9.17) is 9.47 Å². The first-order chi connectivity index (χ1) is 16.5. The molecule has 34 heavy (non-hydrogen) atoms. The first-order valence-corrected chi connectivity index (χ1v) is 12.0. The number of carbonyl (C=O) groups excluding carboxylic acids is 2. The van der Waals surface area contributed by atoms with Crippen molar-refractivity contribution >= 4 is 11.8 Å². The van der Waals surface area contributed by atoms with E-state index in [-0.39, 0.29) is 17.6 Å². The monoisotopic (exact) mass is 472 g/mol. The molecule has 0 aliphatic carbocycles. The standard InChI is InChI=1S/C27H37FN2O4/c1-4-10-22-21(19-23(28)27(34-3)26(22)33-2)16-18-30-25(32)14-9-8-13-24(31)29-17-15-20-11-6-5-7-12-20/h5-7,11-12,19H,4,8-10,13-18H2,1-3H3,(H,29,31)(H,30,32). The summed E-state index contributed by atoms with van der Waals surface area (Å²) in [5.74, 6) is 0.0101. The Morgan fingerprint density at radius 1 is 0.853 bits per heavy atom. The number of ether oxygens (including phenoxy) is 2. The molecule has 0 heterocycles. The van der Waals surface area contributed by atoms with Crippen molar-refractivity contribution in [1.29, 1.82) is 0 Å². The summed E-state index contributed by atoms with van der Waals surface area (Å²) in [6.07, 6.45) is 4.99. The van der Waals surface area contributed by atoms with E-state index in [1.807, 2.05) is 37.3 Å². The highest BCUT2D eigenvalue weighted by atomic mass is 19.1. The fourth-order valence-corrected chi connectivity index (χ4v) is 3.93. The first-order valence-electron chi connectivity index (χ1n) is 12.0. The van der Waals surface area contributed by atoms with Gasteiger partial charge in [0.1, 0.15) is 0 Å². The minimum absolute atomic E-state index is 0.00951. The molecule has 7 heteroatoms. The average Bonchev–Trinajstić information content (AvgIpc) is 2.83. The average molecular weight is 473 g/mol. The minimum atomic E-state index is -0.470. The number of amides is 2. The SMILES string of the molecule is CCCc1c(CCNC(=O)CCCCC(=O)NCCc2ccccc2)cc(F)c(OC)c1OC. The normalized spacial score (nSPS) is 10.6. The second-order valence-electron chi connectivity index (χ2n) is 8.21. The molecular formula is C27H37FN2O4. The zero-order valence-electron chi connectivity index (χ0n) is 20.5. The Labute approximate surface area is 202 Å². The van der Waals surface area contributed by atoms with Gasteiger partial charge in [-0.25, -0.2) is 4.39 Å². The van der Waals surface area contributed by atoms with E-state index in [0.717, 1.165) is 30.4 Å². The highest BCUT2D eigenvalue weighted by Crippen LogP contribution is 2.37. The fourth-order valence-electron chi connectivity index (χ4n) is 3.93. The Morgan fingerprint density at radius 3 is 2.00 bits per heavy atom. The van der Waals surface area contributed by atoms with Crippen LogP contribution in [0.4, 0.5) is 4.39 Å². The molecular weight excluding hydrogens is 435 g/mol. The third-order valence-electron chi connectivity index (χ3n) is 5.65. The molecule has 2 aromatic carbocycles. The van der Waals surface area contributed by atoms with Gasteiger partial charge >= 0.3 is 0 Å². The van der Waals surface area contributed by atoms with Crippen molar-refractivity contribution < 1.29 is 23.5 Å². The van der Waals surface area contributed by atoms with Crippen LogP contribution in [-0.4, -0.2) is 39.1 Å². The van der Waals surface area contributed by atoms with Gasteiger partial charge in [-0.2, -0.15) is 0 Å². The highest BCUT2D eigenvalue weighted by molar-refractivity contribution is 5.77. The zero-order chi connectivity index (χ0) is 24.8. The number of hydrogen-bond donors (Lipinski definition) is 2. The summed E-state index contributed by atoms with van der Waals surface area (Å²) in [5, 5.41) is 5.81.